The molecular weight excluding hydrogens is 385 g/mol. The van der Waals surface area contributed by atoms with E-state index in [1.807, 2.05) is 0 Å². The molecule has 0 saturated carbocycles. The van der Waals surface area contributed by atoms with Crippen LogP contribution in [0.4, 0.5) is 0 Å². The number of aromatic nitrogens is 2. The number of sulfonamides is 1. The van der Waals surface area contributed by atoms with E-state index in [0.29, 0.717) is 42.4 Å². The van der Waals surface area contributed by atoms with E-state index in [0.717, 1.165) is 0 Å². The summed E-state index contributed by atoms with van der Waals surface area (Å²) in [7, 11) is -3.67. The van der Waals surface area contributed by atoms with Crippen LogP contribution < -0.4 is 4.74 Å². The summed E-state index contributed by atoms with van der Waals surface area (Å²) in [6.07, 6.45) is 2.62. The molecule has 25 heavy (non-hydrogen) atoms. The van der Waals surface area contributed by atoms with Gasteiger partial charge in [-0.25, -0.2) is 8.42 Å². The summed E-state index contributed by atoms with van der Waals surface area (Å²) in [5, 5.41) is 8.22. The van der Waals surface area contributed by atoms with Gasteiger partial charge >= 0.3 is 0 Å². The quantitative estimate of drug-likeness (QED) is 0.785. The maximum atomic E-state index is 12.9. The Bertz CT molecular complexity index is 854. The monoisotopic (exact) mass is 401 g/mol. The lowest BCUT2D eigenvalue weighted by molar-refractivity contribution is 0.128. The first kappa shape index (κ1) is 18.4. The number of aryl methyl sites for hydroxylation is 1. The lowest BCUT2D eigenvalue weighted by Crippen LogP contribution is -2.41. The molecule has 0 N–H and O–H groups in total. The van der Waals surface area contributed by atoms with Crippen LogP contribution in [0.15, 0.2) is 35.4 Å². The molecule has 0 atom stereocenters. The first-order valence-electron chi connectivity index (χ1n) is 7.78. The minimum absolute atomic E-state index is 0.0874. The van der Waals surface area contributed by atoms with Crippen LogP contribution in [0.25, 0.3) is 0 Å². The first-order chi connectivity index (χ1) is 11.9. The van der Waals surface area contributed by atoms with Crippen LogP contribution >= 0.6 is 23.2 Å². The highest BCUT2D eigenvalue weighted by molar-refractivity contribution is 7.89. The van der Waals surface area contributed by atoms with E-state index < -0.39 is 10.0 Å². The molecule has 2 heterocycles. The topological polar surface area (TPSA) is 72.4 Å². The van der Waals surface area contributed by atoms with Gasteiger partial charge in [0.05, 0.1) is 5.02 Å². The van der Waals surface area contributed by atoms with Crippen molar-refractivity contribution >= 4 is 33.2 Å². The van der Waals surface area contributed by atoms with Crippen molar-refractivity contribution in [1.29, 1.82) is 0 Å². The molecule has 9 heteroatoms. The molecule has 1 aliphatic heterocycles. The number of hydrogen-bond acceptors (Lipinski definition) is 5. The van der Waals surface area contributed by atoms with Crippen molar-refractivity contribution in [2.24, 2.45) is 0 Å². The Kier molecular flexibility index (Phi) is 5.48. The van der Waals surface area contributed by atoms with E-state index in [4.69, 9.17) is 27.9 Å². The molecule has 0 spiro atoms. The lowest BCUT2D eigenvalue weighted by Gasteiger charge is -2.31. The molecule has 3 rings (SSSR count). The van der Waals surface area contributed by atoms with Crippen molar-refractivity contribution in [2.75, 3.05) is 13.1 Å². The van der Waals surface area contributed by atoms with Gasteiger partial charge in [0.2, 0.25) is 15.9 Å². The van der Waals surface area contributed by atoms with Crippen LogP contribution in [0.1, 0.15) is 18.4 Å². The van der Waals surface area contributed by atoms with Gasteiger partial charge in [-0.1, -0.05) is 23.2 Å². The number of hydrogen-bond donors (Lipinski definition) is 0. The molecule has 0 unspecified atom stereocenters. The van der Waals surface area contributed by atoms with Gasteiger partial charge < -0.3 is 4.74 Å². The zero-order chi connectivity index (χ0) is 18.0. The predicted molar refractivity (Wildman–Crippen MR) is 95.6 cm³/mol. The fraction of sp³-hybridized carbons (Fsp3) is 0.375. The molecule has 2 aromatic rings. The van der Waals surface area contributed by atoms with Crippen LogP contribution in [-0.2, 0) is 10.0 Å². The highest BCUT2D eigenvalue weighted by atomic mass is 35.5. The standard InChI is InChI=1S/C16H17Cl2N3O3S/c1-11-9-15(14(18)10-13(11)17)25(22,23)21-7-4-12(5-8-21)24-16-3-2-6-19-20-16/h2-3,6,9-10,12H,4-5,7-8H2,1H3. The summed E-state index contributed by atoms with van der Waals surface area (Å²) < 4.78 is 32.9. The molecule has 1 fully saturated rings. The Morgan fingerprint density at radius 1 is 1.20 bits per heavy atom. The molecule has 1 aliphatic rings. The zero-order valence-corrected chi connectivity index (χ0v) is 15.9. The number of halogens is 2. The Hall–Kier alpha value is -1.41. The summed E-state index contributed by atoms with van der Waals surface area (Å²) in [6.45, 7) is 2.45. The van der Waals surface area contributed by atoms with Crippen molar-refractivity contribution in [3.63, 3.8) is 0 Å². The SMILES string of the molecule is Cc1cc(S(=O)(=O)N2CCC(Oc3cccnn3)CC2)c(Cl)cc1Cl. The van der Waals surface area contributed by atoms with Crippen LogP contribution in [0.5, 0.6) is 5.88 Å². The van der Waals surface area contributed by atoms with Crippen molar-refractivity contribution in [3.05, 3.63) is 46.1 Å². The molecule has 1 saturated heterocycles. The van der Waals surface area contributed by atoms with Crippen molar-refractivity contribution in [1.82, 2.24) is 14.5 Å². The highest BCUT2D eigenvalue weighted by Crippen LogP contribution is 2.31. The van der Waals surface area contributed by atoms with Gasteiger partial charge in [0, 0.05) is 30.4 Å². The van der Waals surface area contributed by atoms with E-state index in [-0.39, 0.29) is 16.0 Å². The maximum absolute atomic E-state index is 12.9. The predicted octanol–water partition coefficient (Wildman–Crippen LogP) is 3.32. The number of nitrogens with zero attached hydrogens (tertiary/aromatic N) is 3. The van der Waals surface area contributed by atoms with E-state index in [9.17, 15) is 8.42 Å². The molecule has 0 radical (unpaired) electrons. The van der Waals surface area contributed by atoms with Crippen LogP contribution in [0.3, 0.4) is 0 Å². The smallest absolute Gasteiger partial charge is 0.244 e. The van der Waals surface area contributed by atoms with Crippen molar-refractivity contribution in [2.45, 2.75) is 30.8 Å². The van der Waals surface area contributed by atoms with Crippen LogP contribution in [0.2, 0.25) is 10.0 Å². The number of rotatable bonds is 4. The van der Waals surface area contributed by atoms with Gasteiger partial charge in [0.25, 0.3) is 0 Å². The third-order valence-electron chi connectivity index (χ3n) is 4.07. The second kappa shape index (κ2) is 7.45. The van der Waals surface area contributed by atoms with Gasteiger partial charge in [-0.05, 0) is 43.5 Å². The molecule has 6 nitrogen and oxygen atoms in total. The normalized spacial score (nSPS) is 16.8. The Labute approximate surface area is 156 Å². The van der Waals surface area contributed by atoms with Crippen molar-refractivity contribution < 1.29 is 13.2 Å². The molecular formula is C16H17Cl2N3O3S. The molecule has 0 bridgehead atoms. The van der Waals surface area contributed by atoms with Gasteiger partial charge in [-0.2, -0.15) is 9.40 Å². The third kappa shape index (κ3) is 4.06. The number of ether oxygens (including phenoxy) is 1. The average molecular weight is 402 g/mol. The summed E-state index contributed by atoms with van der Waals surface area (Å²) in [5.41, 5.74) is 0.672. The van der Waals surface area contributed by atoms with Gasteiger partial charge in [0.1, 0.15) is 11.0 Å². The largest absolute Gasteiger partial charge is 0.473 e. The average Bonchev–Trinajstić information content (AvgIpc) is 2.59. The third-order valence-corrected chi connectivity index (χ3v) is 6.84. The Morgan fingerprint density at radius 3 is 2.56 bits per heavy atom. The van der Waals surface area contributed by atoms with E-state index >= 15 is 0 Å². The summed E-state index contributed by atoms with van der Waals surface area (Å²) in [4.78, 5) is 0.0874. The lowest BCUT2D eigenvalue weighted by atomic mass is 10.1. The minimum atomic E-state index is -3.67. The second-order valence-corrected chi connectivity index (χ2v) is 8.54. The minimum Gasteiger partial charge on any atom is -0.473 e. The summed E-state index contributed by atoms with van der Waals surface area (Å²) >= 11 is 12.1. The number of benzene rings is 1. The number of piperidine rings is 1. The molecule has 1 aromatic carbocycles. The van der Waals surface area contributed by atoms with Crippen molar-refractivity contribution in [3.8, 4) is 5.88 Å². The van der Waals surface area contributed by atoms with Crippen LogP contribution in [-0.4, -0.2) is 42.1 Å². The Morgan fingerprint density at radius 2 is 1.92 bits per heavy atom. The zero-order valence-electron chi connectivity index (χ0n) is 13.5. The molecule has 0 aliphatic carbocycles. The Balaban J connectivity index is 1.71. The fourth-order valence-corrected chi connectivity index (χ4v) is 4.96. The second-order valence-electron chi connectivity index (χ2n) is 5.82. The van der Waals surface area contributed by atoms with Gasteiger partial charge in [-0.15, -0.1) is 5.10 Å². The summed E-state index contributed by atoms with van der Waals surface area (Å²) in [6, 6.07) is 6.45. The molecule has 134 valence electrons. The van der Waals surface area contributed by atoms with E-state index in [2.05, 4.69) is 10.2 Å². The van der Waals surface area contributed by atoms with E-state index in [1.165, 1.54) is 16.4 Å². The fourth-order valence-electron chi connectivity index (χ4n) is 2.68. The molecule has 0 amide bonds. The van der Waals surface area contributed by atoms with E-state index in [1.54, 1.807) is 25.3 Å². The summed E-state index contributed by atoms with van der Waals surface area (Å²) in [5.74, 6) is 0.445. The maximum Gasteiger partial charge on any atom is 0.244 e. The first-order valence-corrected chi connectivity index (χ1v) is 9.97. The highest BCUT2D eigenvalue weighted by Gasteiger charge is 2.32. The van der Waals surface area contributed by atoms with Gasteiger partial charge in [0.15, 0.2) is 0 Å². The molecule has 1 aromatic heterocycles. The van der Waals surface area contributed by atoms with Crippen LogP contribution in [0, 0.1) is 6.92 Å². The van der Waals surface area contributed by atoms with Gasteiger partial charge in [-0.3, -0.25) is 0 Å².